The van der Waals surface area contributed by atoms with Crippen molar-refractivity contribution in [2.75, 3.05) is 23.3 Å². The average molecular weight is 441 g/mol. The van der Waals surface area contributed by atoms with E-state index in [4.69, 9.17) is 4.74 Å². The summed E-state index contributed by atoms with van der Waals surface area (Å²) in [5.41, 5.74) is -0.224. The zero-order valence-corrected chi connectivity index (χ0v) is 18.3. The molecule has 1 fully saturated rings. The van der Waals surface area contributed by atoms with E-state index in [2.05, 4.69) is 10.3 Å². The third-order valence-electron chi connectivity index (χ3n) is 5.50. The summed E-state index contributed by atoms with van der Waals surface area (Å²) < 4.78 is 22.7. The zero-order valence-electron chi connectivity index (χ0n) is 18.3. The van der Waals surface area contributed by atoms with E-state index in [-0.39, 0.29) is 34.6 Å². The van der Waals surface area contributed by atoms with Crippen LogP contribution in [0, 0.1) is 5.82 Å². The first-order valence-electron chi connectivity index (χ1n) is 10.2. The van der Waals surface area contributed by atoms with Gasteiger partial charge in [0.15, 0.2) is 0 Å². The minimum absolute atomic E-state index is 0.000988. The van der Waals surface area contributed by atoms with Gasteiger partial charge < -0.3 is 15.0 Å². The van der Waals surface area contributed by atoms with Gasteiger partial charge in [-0.05, 0) is 44.2 Å². The van der Waals surface area contributed by atoms with Gasteiger partial charge in [0.2, 0.25) is 0 Å². The van der Waals surface area contributed by atoms with Crippen LogP contribution in [0.5, 0.6) is 0 Å². The highest BCUT2D eigenvalue weighted by Gasteiger charge is 2.24. The Morgan fingerprint density at radius 3 is 2.44 bits per heavy atom. The molecule has 3 aromatic rings. The fourth-order valence-electron chi connectivity index (χ4n) is 3.99. The predicted octanol–water partition coefficient (Wildman–Crippen LogP) is 1.64. The van der Waals surface area contributed by atoms with Crippen LogP contribution < -0.4 is 21.5 Å². The van der Waals surface area contributed by atoms with Crippen molar-refractivity contribution in [1.82, 2.24) is 14.1 Å². The van der Waals surface area contributed by atoms with E-state index >= 15 is 0 Å². The molecule has 9 nitrogen and oxygen atoms in total. The number of anilines is 2. The first-order valence-corrected chi connectivity index (χ1v) is 10.2. The van der Waals surface area contributed by atoms with Crippen LogP contribution >= 0.6 is 0 Å². The highest BCUT2D eigenvalue weighted by molar-refractivity contribution is 6.03. The molecule has 2 aromatic heterocycles. The highest BCUT2D eigenvalue weighted by Crippen LogP contribution is 2.26. The van der Waals surface area contributed by atoms with Gasteiger partial charge in [-0.1, -0.05) is 0 Å². The SMILES string of the molecule is C[C@@H]1CN(c2ccc(NC(=O)c3ccc4c(=O)n(C)c(=O)n(C)c4n3)cc2F)C[C@H](C)O1. The second-order valence-corrected chi connectivity index (χ2v) is 8.06. The Kier molecular flexibility index (Phi) is 5.55. The number of aromatic nitrogens is 3. The maximum atomic E-state index is 14.8. The summed E-state index contributed by atoms with van der Waals surface area (Å²) in [6.45, 7) is 5.03. The fraction of sp³-hybridized carbons (Fsp3) is 0.364. The summed E-state index contributed by atoms with van der Waals surface area (Å²) in [7, 11) is 2.85. The number of pyridine rings is 1. The molecule has 1 N–H and O–H groups in total. The number of rotatable bonds is 3. The van der Waals surface area contributed by atoms with Gasteiger partial charge in [0.1, 0.15) is 17.2 Å². The molecule has 0 bridgehead atoms. The molecule has 168 valence electrons. The number of nitrogens with zero attached hydrogens (tertiary/aromatic N) is 4. The third kappa shape index (κ3) is 3.89. The molecular formula is C22H24FN5O4. The van der Waals surface area contributed by atoms with Crippen LogP contribution in [-0.4, -0.2) is 45.3 Å². The lowest BCUT2D eigenvalue weighted by molar-refractivity contribution is -0.00539. The Hall–Kier alpha value is -3.53. The Balaban J connectivity index is 1.59. The molecule has 0 radical (unpaired) electrons. The Morgan fingerprint density at radius 1 is 1.09 bits per heavy atom. The van der Waals surface area contributed by atoms with Crippen LogP contribution in [0.25, 0.3) is 11.0 Å². The molecular weight excluding hydrogens is 417 g/mol. The summed E-state index contributed by atoms with van der Waals surface area (Å²) in [6, 6.07) is 7.34. The molecule has 0 unspecified atom stereocenters. The Bertz CT molecular complexity index is 1320. The summed E-state index contributed by atoms with van der Waals surface area (Å²) in [5.74, 6) is -1.04. The number of carbonyl (C=O) groups excluding carboxylic acids is 1. The lowest BCUT2D eigenvalue weighted by Gasteiger charge is -2.37. The van der Waals surface area contributed by atoms with Gasteiger partial charge in [-0.3, -0.25) is 18.7 Å². The largest absolute Gasteiger partial charge is 0.372 e. The molecule has 1 aliphatic rings. The monoisotopic (exact) mass is 441 g/mol. The van der Waals surface area contributed by atoms with Gasteiger partial charge in [0.25, 0.3) is 11.5 Å². The maximum Gasteiger partial charge on any atom is 0.332 e. The molecule has 2 atom stereocenters. The standard InChI is InChI=1S/C22H24FN5O4/c1-12-10-28(11-13(2)32-12)18-8-5-14(9-16(18)23)24-20(29)17-7-6-15-19(25-17)26(3)22(31)27(4)21(15)30/h5-9,12-13H,10-11H2,1-4H3,(H,24,29)/t12-,13+. The number of amides is 1. The molecule has 0 spiro atoms. The van der Waals surface area contributed by atoms with Crippen molar-refractivity contribution in [3.05, 3.63) is 62.7 Å². The molecule has 1 aromatic carbocycles. The molecule has 1 amide bonds. The lowest BCUT2D eigenvalue weighted by atomic mass is 10.1. The van der Waals surface area contributed by atoms with Crippen molar-refractivity contribution in [3.8, 4) is 0 Å². The van der Waals surface area contributed by atoms with Gasteiger partial charge in [0, 0.05) is 32.9 Å². The molecule has 0 saturated carbocycles. The van der Waals surface area contributed by atoms with Crippen molar-refractivity contribution >= 4 is 28.3 Å². The first kappa shape index (κ1) is 21.7. The second kappa shape index (κ2) is 8.19. The highest BCUT2D eigenvalue weighted by atomic mass is 19.1. The van der Waals surface area contributed by atoms with E-state index in [1.54, 1.807) is 12.1 Å². The van der Waals surface area contributed by atoms with Crippen molar-refractivity contribution < 1.29 is 13.9 Å². The fourth-order valence-corrected chi connectivity index (χ4v) is 3.99. The van der Waals surface area contributed by atoms with Crippen LogP contribution in [0.1, 0.15) is 24.3 Å². The number of benzene rings is 1. The number of hydrogen-bond acceptors (Lipinski definition) is 6. The van der Waals surface area contributed by atoms with Gasteiger partial charge in [-0.25, -0.2) is 14.2 Å². The normalized spacial score (nSPS) is 18.7. The van der Waals surface area contributed by atoms with Crippen molar-refractivity contribution in [2.24, 2.45) is 14.1 Å². The summed E-state index contributed by atoms with van der Waals surface area (Å²) in [4.78, 5) is 43.2. The van der Waals surface area contributed by atoms with Crippen LogP contribution in [-0.2, 0) is 18.8 Å². The molecule has 4 rings (SSSR count). The molecule has 3 heterocycles. The van der Waals surface area contributed by atoms with Gasteiger partial charge in [-0.2, -0.15) is 0 Å². The van der Waals surface area contributed by atoms with Crippen molar-refractivity contribution in [1.29, 1.82) is 0 Å². The number of halogens is 1. The minimum atomic E-state index is -0.583. The minimum Gasteiger partial charge on any atom is -0.372 e. The quantitative estimate of drug-likeness (QED) is 0.664. The number of morpholine rings is 1. The van der Waals surface area contributed by atoms with E-state index in [0.717, 1.165) is 4.57 Å². The van der Waals surface area contributed by atoms with E-state index in [1.807, 2.05) is 18.7 Å². The number of hydrogen-bond donors (Lipinski definition) is 1. The van der Waals surface area contributed by atoms with Crippen LogP contribution in [0.2, 0.25) is 0 Å². The first-order chi connectivity index (χ1) is 15.2. The topological polar surface area (TPSA) is 98.5 Å². The van der Waals surface area contributed by atoms with Gasteiger partial charge in [0.05, 0.1) is 23.3 Å². The molecule has 0 aliphatic carbocycles. The van der Waals surface area contributed by atoms with Crippen LogP contribution in [0.4, 0.5) is 15.8 Å². The molecule has 32 heavy (non-hydrogen) atoms. The van der Waals surface area contributed by atoms with E-state index in [1.165, 1.54) is 36.9 Å². The third-order valence-corrected chi connectivity index (χ3v) is 5.50. The number of fused-ring (bicyclic) bond motifs is 1. The molecule has 1 aliphatic heterocycles. The average Bonchev–Trinajstić information content (AvgIpc) is 2.75. The number of carbonyl (C=O) groups is 1. The summed E-state index contributed by atoms with van der Waals surface area (Å²) >= 11 is 0. The van der Waals surface area contributed by atoms with Crippen molar-refractivity contribution in [3.63, 3.8) is 0 Å². The molecule has 1 saturated heterocycles. The van der Waals surface area contributed by atoms with Crippen LogP contribution in [0.3, 0.4) is 0 Å². The Morgan fingerprint density at radius 2 is 1.78 bits per heavy atom. The summed E-state index contributed by atoms with van der Waals surface area (Å²) in [5, 5.41) is 2.83. The number of aryl methyl sites for hydroxylation is 1. The maximum absolute atomic E-state index is 14.8. The smallest absolute Gasteiger partial charge is 0.332 e. The lowest BCUT2D eigenvalue weighted by Crippen LogP contribution is -2.45. The van der Waals surface area contributed by atoms with E-state index < -0.39 is 23.0 Å². The summed E-state index contributed by atoms with van der Waals surface area (Å²) in [6.07, 6.45) is -0.0198. The molecule has 10 heteroatoms. The predicted molar refractivity (Wildman–Crippen MR) is 119 cm³/mol. The van der Waals surface area contributed by atoms with Crippen LogP contribution in [0.15, 0.2) is 39.9 Å². The van der Waals surface area contributed by atoms with Gasteiger partial charge in [-0.15, -0.1) is 0 Å². The van der Waals surface area contributed by atoms with E-state index in [0.29, 0.717) is 18.8 Å². The Labute approximate surface area is 183 Å². The van der Waals surface area contributed by atoms with Gasteiger partial charge >= 0.3 is 5.69 Å². The van der Waals surface area contributed by atoms with E-state index in [9.17, 15) is 18.8 Å². The number of nitrogens with one attached hydrogen (secondary N) is 1. The zero-order chi connectivity index (χ0) is 23.2. The van der Waals surface area contributed by atoms with Crippen molar-refractivity contribution in [2.45, 2.75) is 26.1 Å². The second-order valence-electron chi connectivity index (χ2n) is 8.06. The number of ether oxygens (including phenoxy) is 1.